The Morgan fingerprint density at radius 2 is 0.434 bits per heavy atom. The van der Waals surface area contributed by atoms with Crippen LogP contribution in [-0.4, -0.2) is 0 Å². The van der Waals surface area contributed by atoms with E-state index < -0.39 is 0 Å². The fourth-order valence-electron chi connectivity index (χ4n) is 7.89. The van der Waals surface area contributed by atoms with Crippen LogP contribution in [0.3, 0.4) is 0 Å². The van der Waals surface area contributed by atoms with Crippen LogP contribution in [0.25, 0.3) is 0 Å². The van der Waals surface area contributed by atoms with Crippen LogP contribution in [-0.2, 0) is 0 Å². The molecule has 0 saturated heterocycles. The number of hydrogen-bond donors (Lipinski definition) is 0. The second-order valence-corrected chi connectivity index (χ2v) is 52.9. The first-order valence-corrected chi connectivity index (χ1v) is 44.9. The lowest BCUT2D eigenvalue weighted by Crippen LogP contribution is -2.41. The van der Waals surface area contributed by atoms with Gasteiger partial charge in [-0.1, -0.05) is 524 Å². The first-order valence-electron chi connectivity index (χ1n) is 44.9. The minimum Gasteiger partial charge on any atom is -0.0651 e. The fraction of sp³-hybridized carbons (Fsp3) is 1.00. The van der Waals surface area contributed by atoms with Gasteiger partial charge in [-0.25, -0.2) is 0 Å². The van der Waals surface area contributed by atoms with Crippen LogP contribution in [0.4, 0.5) is 0 Å². The average molecular weight is 1510 g/mol. The van der Waals surface area contributed by atoms with Crippen molar-refractivity contribution in [2.75, 3.05) is 0 Å². The van der Waals surface area contributed by atoms with Crippen LogP contribution in [0.5, 0.6) is 0 Å². The van der Waals surface area contributed by atoms with Crippen molar-refractivity contribution in [1.29, 1.82) is 0 Å². The van der Waals surface area contributed by atoms with Crippen LogP contribution in [0, 0.1) is 168 Å². The largest absolute Gasteiger partial charge is 0.0651 e. The summed E-state index contributed by atoms with van der Waals surface area (Å²) < 4.78 is 0. The second-order valence-electron chi connectivity index (χ2n) is 52.9. The van der Waals surface area contributed by atoms with Gasteiger partial charge in [-0.2, -0.15) is 0 Å². The minimum absolute atomic E-state index is 0.375. The van der Waals surface area contributed by atoms with Crippen molar-refractivity contribution in [3.63, 3.8) is 0 Å². The van der Waals surface area contributed by atoms with Crippen molar-refractivity contribution >= 4 is 0 Å². The molecule has 0 N–H and O–H groups in total. The van der Waals surface area contributed by atoms with Gasteiger partial charge >= 0.3 is 0 Å². The van der Waals surface area contributed by atoms with Gasteiger partial charge in [-0.05, 0) is 168 Å². The lowest BCUT2D eigenvalue weighted by Gasteiger charge is -2.49. The SMILES string of the molecule is CC(C(C)(C)C)C(C)(C)C.CC(C)(C)C(C)(C)C.CC(C)(C)C(C)(C)C.CC(C)(C)C(C)(C)C(C)(C)C.CC(C)C(C)(C)C(C)(C)C.CC(C)C(C)(C)C(C)C.CC(C)C(C)C(C)C.CC(C)[C@@H](C)C(C)(C)C.CCC(C)(C)C(C)(C)C.CCC(C)(C)C(C)C.CCC(C)C(C)(C)C.CC[C@@H](C)C(C)(C)C. The Hall–Kier alpha value is 0. The molecule has 0 heteroatoms. The Morgan fingerprint density at radius 1 is 0.208 bits per heavy atom. The normalized spacial score (nSPS) is 14.5. The molecule has 0 aliphatic carbocycles. The topological polar surface area (TPSA) is 0 Å². The molecule has 106 heavy (non-hydrogen) atoms. The summed E-state index contributed by atoms with van der Waals surface area (Å²) in [7, 11) is 0. The maximum atomic E-state index is 2.35. The van der Waals surface area contributed by atoms with Gasteiger partial charge in [0, 0.05) is 0 Å². The lowest BCUT2D eigenvalue weighted by molar-refractivity contribution is 0.00575. The highest BCUT2D eigenvalue weighted by Crippen LogP contribution is 2.51. The van der Waals surface area contributed by atoms with E-state index >= 15 is 0 Å². The molecule has 0 radical (unpaired) electrons. The van der Waals surface area contributed by atoms with Gasteiger partial charge in [-0.15, -0.1) is 0 Å². The van der Waals surface area contributed by atoms with Crippen molar-refractivity contribution in [3.8, 4) is 0 Å². The lowest BCUT2D eigenvalue weighted by atomic mass is 9.56. The van der Waals surface area contributed by atoms with Gasteiger partial charge in [-0.3, -0.25) is 0 Å². The third kappa shape index (κ3) is 65.3. The summed E-state index contributed by atoms with van der Waals surface area (Å²) in [5, 5.41) is 0. The molecule has 660 valence electrons. The summed E-state index contributed by atoms with van der Waals surface area (Å²) in [6, 6.07) is 0. The molecule has 1 unspecified atom stereocenters. The monoisotopic (exact) mass is 1510 g/mol. The van der Waals surface area contributed by atoms with Gasteiger partial charge in [0.15, 0.2) is 0 Å². The smallest absolute Gasteiger partial charge is 0.0257 e. The van der Waals surface area contributed by atoms with E-state index in [1.54, 1.807) is 0 Å². The van der Waals surface area contributed by atoms with Crippen molar-refractivity contribution in [2.45, 2.75) is 524 Å². The quantitative estimate of drug-likeness (QED) is 0.193. The molecule has 0 heterocycles. The van der Waals surface area contributed by atoms with Gasteiger partial charge in [0.2, 0.25) is 0 Å². The zero-order valence-electron chi connectivity index (χ0n) is 90.8. The van der Waals surface area contributed by atoms with Gasteiger partial charge in [0.05, 0.1) is 0 Å². The summed E-state index contributed by atoms with van der Waals surface area (Å²) in [4.78, 5) is 0. The Bertz CT molecular complexity index is 1850. The molecule has 0 aliphatic rings. The number of rotatable bonds is 11. The maximum absolute atomic E-state index is 2.35. The first-order chi connectivity index (χ1) is 44.9. The van der Waals surface area contributed by atoms with Gasteiger partial charge < -0.3 is 0 Å². The molecule has 0 bridgehead atoms. The fourth-order valence-corrected chi connectivity index (χ4v) is 7.89. The van der Waals surface area contributed by atoms with Crippen LogP contribution >= 0.6 is 0 Å². The van der Waals surface area contributed by atoms with Crippen molar-refractivity contribution in [1.82, 2.24) is 0 Å². The minimum atomic E-state index is 0.375. The predicted molar refractivity (Wildman–Crippen MR) is 513 cm³/mol. The van der Waals surface area contributed by atoms with Crippen LogP contribution in [0.2, 0.25) is 0 Å². The first kappa shape index (κ1) is 132. The van der Waals surface area contributed by atoms with Crippen LogP contribution in [0.15, 0.2) is 0 Å². The van der Waals surface area contributed by atoms with Crippen LogP contribution < -0.4 is 0 Å². The second kappa shape index (κ2) is 51.8. The van der Waals surface area contributed by atoms with Crippen LogP contribution in [0.1, 0.15) is 524 Å². The molecule has 0 aromatic carbocycles. The van der Waals surface area contributed by atoms with E-state index in [2.05, 4.69) is 499 Å². The Labute approximate surface area is 688 Å². The highest BCUT2D eigenvalue weighted by atomic mass is 14.5. The van der Waals surface area contributed by atoms with E-state index in [-0.39, 0.29) is 0 Å². The standard InChI is InChI=1S/C11H24.2C10H22.3C9H20.6C8H18/c1-9(2,3)11(7,8)10(4,5)6;1-8(9(2,3)4)10(5,6)7;1-8(2)10(6,7)9(3,4)5;1-7-9(5,6)8(2,3)4;1-7(2)8(3)9(4,5)6;1-7(2)9(5,6)8(3)4;2*1-7(2,3)8(4,5)6;2*1-6-7(2)8(3,4)5;1-6-8(4,5)7(2)3;1-6(2)8(5)7(3)4/h1-8H3;2*8H,1-7H3;7H2,1-6H3;2*7-8H,1-6H3;2*1-6H3;3*7H,6H2,1-5H3;6-8H,1-5H3/t;;;;8-;;;;7-;;;/m....1...1.../s1. The molecular weight excluding hydrogens is 1270 g/mol. The van der Waals surface area contributed by atoms with E-state index in [1.165, 1.54) is 25.7 Å². The zero-order chi connectivity index (χ0) is 90.8. The van der Waals surface area contributed by atoms with Gasteiger partial charge in [0.1, 0.15) is 0 Å². The highest BCUT2D eigenvalue weighted by Gasteiger charge is 2.42. The molecule has 0 fully saturated rings. The molecule has 0 rings (SSSR count). The van der Waals surface area contributed by atoms with E-state index in [4.69, 9.17) is 0 Å². The molecule has 0 nitrogen and oxygen atoms in total. The van der Waals surface area contributed by atoms with E-state index in [1.807, 2.05) is 0 Å². The maximum Gasteiger partial charge on any atom is -0.0257 e. The van der Waals surface area contributed by atoms with Crippen molar-refractivity contribution in [2.24, 2.45) is 168 Å². The zero-order valence-corrected chi connectivity index (χ0v) is 90.8. The molecule has 3 atom stereocenters. The van der Waals surface area contributed by atoms with E-state index in [9.17, 15) is 0 Å². The summed E-state index contributed by atoms with van der Waals surface area (Å²) in [5.41, 5.74) is 8.09. The molecular formula is C106H236. The van der Waals surface area contributed by atoms with Gasteiger partial charge in [0.25, 0.3) is 0 Å². The Balaban J connectivity index is -0.0000000911. The summed E-state index contributed by atoms with van der Waals surface area (Å²) in [6.45, 7) is 165. The third-order valence-electron chi connectivity index (χ3n) is 31.2. The average Bonchev–Trinajstić information content (AvgIpc) is 0.792. The molecule has 0 spiro atoms. The van der Waals surface area contributed by atoms with E-state index in [0.29, 0.717) is 97.5 Å². The van der Waals surface area contributed by atoms with Crippen molar-refractivity contribution in [3.05, 3.63) is 0 Å². The summed E-state index contributed by atoms with van der Waals surface area (Å²) >= 11 is 0. The van der Waals surface area contributed by atoms with Crippen molar-refractivity contribution < 1.29 is 0 Å². The summed E-state index contributed by atoms with van der Waals surface area (Å²) in [5.74, 6) is 9.79. The molecule has 0 aromatic heterocycles. The number of hydrogen-bond acceptors (Lipinski definition) is 0. The summed E-state index contributed by atoms with van der Waals surface area (Å²) in [6.07, 6.45) is 5.13. The molecule has 0 aliphatic heterocycles. The molecule has 0 aromatic rings. The molecule has 0 amide bonds. The Kier molecular flexibility index (Phi) is 64.7. The van der Waals surface area contributed by atoms with E-state index in [0.717, 1.165) is 71.0 Å². The Morgan fingerprint density at radius 3 is 0.434 bits per heavy atom. The predicted octanol–water partition coefficient (Wildman–Crippen LogP) is 40.0. The third-order valence-corrected chi connectivity index (χ3v) is 31.2. The highest BCUT2D eigenvalue weighted by molar-refractivity contribution is 4.92. The molecule has 0 saturated carbocycles.